The number of likely N-dealkylation sites (N-methyl/N-ethyl adjacent to an activating group) is 1. The molecule has 0 radical (unpaired) electrons. The van der Waals surface area contributed by atoms with Gasteiger partial charge in [-0.15, -0.1) is 0 Å². The van der Waals surface area contributed by atoms with Gasteiger partial charge in [0.2, 0.25) is 15.9 Å². The van der Waals surface area contributed by atoms with Crippen molar-refractivity contribution in [2.24, 2.45) is 5.73 Å². The van der Waals surface area contributed by atoms with Crippen molar-refractivity contribution in [2.75, 3.05) is 20.7 Å². The number of carbonyl (C=O) groups excluding carboxylic acids is 2. The standard InChI is InChI=1S/C11H14N2O5S/c1-13(7-10(14)18-2)19(16,17)9-5-3-4-8(6-9)11(12)15/h3-6H,7H2,1-2H3,(H2,12,15). The summed E-state index contributed by atoms with van der Waals surface area (Å²) >= 11 is 0. The highest BCUT2D eigenvalue weighted by Crippen LogP contribution is 2.15. The normalized spacial score (nSPS) is 11.3. The third-order valence-corrected chi connectivity index (χ3v) is 4.21. The molecule has 0 unspecified atom stereocenters. The maximum absolute atomic E-state index is 12.1. The Kier molecular flexibility index (Phi) is 4.62. The fraction of sp³-hybridized carbons (Fsp3) is 0.273. The van der Waals surface area contributed by atoms with Crippen molar-refractivity contribution in [3.8, 4) is 0 Å². The minimum atomic E-state index is -3.88. The van der Waals surface area contributed by atoms with Crippen molar-refractivity contribution in [3.05, 3.63) is 29.8 Å². The number of hydrogen-bond donors (Lipinski definition) is 1. The van der Waals surface area contributed by atoms with Gasteiger partial charge in [0.05, 0.1) is 12.0 Å². The summed E-state index contributed by atoms with van der Waals surface area (Å²) in [5.41, 5.74) is 5.16. The number of benzene rings is 1. The lowest BCUT2D eigenvalue weighted by molar-refractivity contribution is -0.140. The monoisotopic (exact) mass is 286 g/mol. The van der Waals surface area contributed by atoms with Gasteiger partial charge in [0.1, 0.15) is 6.54 Å². The predicted molar refractivity (Wildman–Crippen MR) is 66.8 cm³/mol. The van der Waals surface area contributed by atoms with Crippen LogP contribution in [0.4, 0.5) is 0 Å². The summed E-state index contributed by atoms with van der Waals surface area (Å²) in [6, 6.07) is 5.28. The molecule has 1 rings (SSSR count). The van der Waals surface area contributed by atoms with Gasteiger partial charge in [-0.25, -0.2) is 8.42 Å². The van der Waals surface area contributed by atoms with Gasteiger partial charge in [0.25, 0.3) is 0 Å². The van der Waals surface area contributed by atoms with E-state index in [0.29, 0.717) is 0 Å². The van der Waals surface area contributed by atoms with Crippen LogP contribution in [0.3, 0.4) is 0 Å². The van der Waals surface area contributed by atoms with Crippen molar-refractivity contribution < 1.29 is 22.7 Å². The number of nitrogens with two attached hydrogens (primary N) is 1. The minimum absolute atomic E-state index is 0.0764. The van der Waals surface area contributed by atoms with Crippen LogP contribution in [0.15, 0.2) is 29.2 Å². The Balaban J connectivity index is 3.09. The lowest BCUT2D eigenvalue weighted by Crippen LogP contribution is -2.32. The van der Waals surface area contributed by atoms with Crippen LogP contribution in [-0.4, -0.2) is 45.3 Å². The highest BCUT2D eigenvalue weighted by molar-refractivity contribution is 7.89. The summed E-state index contributed by atoms with van der Waals surface area (Å²) < 4.78 is 29.5. The van der Waals surface area contributed by atoms with E-state index in [-0.39, 0.29) is 10.5 Å². The summed E-state index contributed by atoms with van der Waals surface area (Å²) in [6.07, 6.45) is 0. The van der Waals surface area contributed by atoms with Gasteiger partial charge in [-0.1, -0.05) is 6.07 Å². The largest absolute Gasteiger partial charge is 0.468 e. The Labute approximate surface area is 111 Å². The van der Waals surface area contributed by atoms with E-state index in [9.17, 15) is 18.0 Å². The number of nitrogens with zero attached hydrogens (tertiary/aromatic N) is 1. The van der Waals surface area contributed by atoms with E-state index in [2.05, 4.69) is 4.74 Å². The Hall–Kier alpha value is -1.93. The third-order valence-electron chi connectivity index (χ3n) is 2.41. The lowest BCUT2D eigenvalue weighted by atomic mass is 10.2. The first-order chi connectivity index (χ1) is 8.78. The predicted octanol–water partition coefficient (Wildman–Crippen LogP) is -0.421. The lowest BCUT2D eigenvalue weighted by Gasteiger charge is -2.16. The number of methoxy groups -OCH3 is 1. The van der Waals surface area contributed by atoms with E-state index in [4.69, 9.17) is 5.73 Å². The number of carbonyl (C=O) groups is 2. The van der Waals surface area contributed by atoms with Gasteiger partial charge in [-0.05, 0) is 18.2 Å². The van der Waals surface area contributed by atoms with E-state index in [0.717, 1.165) is 17.5 Å². The number of primary amides is 1. The molecule has 0 saturated heterocycles. The number of hydrogen-bond acceptors (Lipinski definition) is 5. The first-order valence-corrected chi connectivity index (χ1v) is 6.66. The van der Waals surface area contributed by atoms with Crippen molar-refractivity contribution in [1.82, 2.24) is 4.31 Å². The van der Waals surface area contributed by atoms with Crippen LogP contribution in [0, 0.1) is 0 Å². The smallest absolute Gasteiger partial charge is 0.321 e. The zero-order valence-electron chi connectivity index (χ0n) is 10.5. The molecule has 7 nitrogen and oxygen atoms in total. The second kappa shape index (κ2) is 5.81. The molecule has 0 aliphatic carbocycles. The van der Waals surface area contributed by atoms with Gasteiger partial charge in [-0.3, -0.25) is 9.59 Å². The average molecular weight is 286 g/mol. The molecule has 19 heavy (non-hydrogen) atoms. The summed E-state index contributed by atoms with van der Waals surface area (Å²) in [6.45, 7) is -0.417. The van der Waals surface area contributed by atoms with Gasteiger partial charge in [-0.2, -0.15) is 4.31 Å². The number of amides is 1. The first kappa shape index (κ1) is 15.1. The van der Waals surface area contributed by atoms with E-state index in [1.165, 1.54) is 25.2 Å². The van der Waals surface area contributed by atoms with Crippen molar-refractivity contribution in [1.29, 1.82) is 0 Å². The molecule has 0 fully saturated rings. The molecule has 1 aromatic rings. The van der Waals surface area contributed by atoms with Gasteiger partial charge in [0.15, 0.2) is 0 Å². The molecule has 0 spiro atoms. The molecule has 0 saturated carbocycles. The third kappa shape index (κ3) is 3.52. The van der Waals surface area contributed by atoms with Crippen molar-refractivity contribution in [2.45, 2.75) is 4.90 Å². The van der Waals surface area contributed by atoms with E-state index < -0.39 is 28.4 Å². The van der Waals surface area contributed by atoms with Gasteiger partial charge < -0.3 is 10.5 Å². The van der Waals surface area contributed by atoms with Crippen LogP contribution in [0.1, 0.15) is 10.4 Å². The molecule has 2 N–H and O–H groups in total. The zero-order valence-corrected chi connectivity index (χ0v) is 11.3. The molecule has 1 amide bonds. The molecule has 0 bridgehead atoms. The molecule has 1 aromatic carbocycles. The van der Waals surface area contributed by atoms with Gasteiger partial charge in [0, 0.05) is 12.6 Å². The average Bonchev–Trinajstić information content (AvgIpc) is 2.38. The topological polar surface area (TPSA) is 107 Å². The maximum Gasteiger partial charge on any atom is 0.321 e. The SMILES string of the molecule is COC(=O)CN(C)S(=O)(=O)c1cccc(C(N)=O)c1. The quantitative estimate of drug-likeness (QED) is 0.740. The second-order valence-electron chi connectivity index (χ2n) is 3.73. The van der Waals surface area contributed by atoms with Crippen LogP contribution in [0.2, 0.25) is 0 Å². The van der Waals surface area contributed by atoms with Crippen molar-refractivity contribution >= 4 is 21.9 Å². The van der Waals surface area contributed by atoms with E-state index in [1.807, 2.05) is 0 Å². The summed E-state index contributed by atoms with van der Waals surface area (Å²) in [7, 11) is -1.47. The second-order valence-corrected chi connectivity index (χ2v) is 5.77. The number of ether oxygens (including phenoxy) is 1. The van der Waals surface area contributed by atoms with Crippen LogP contribution < -0.4 is 5.73 Å². The summed E-state index contributed by atoms with van der Waals surface area (Å²) in [5, 5.41) is 0. The molecule has 104 valence electrons. The molecular formula is C11H14N2O5S. The van der Waals surface area contributed by atoms with Crippen LogP contribution >= 0.6 is 0 Å². The molecule has 0 atom stereocenters. The van der Waals surface area contributed by atoms with E-state index in [1.54, 1.807) is 0 Å². The van der Waals surface area contributed by atoms with Gasteiger partial charge >= 0.3 is 5.97 Å². The van der Waals surface area contributed by atoms with Crippen LogP contribution in [-0.2, 0) is 19.6 Å². The van der Waals surface area contributed by atoms with Crippen LogP contribution in [0.5, 0.6) is 0 Å². The first-order valence-electron chi connectivity index (χ1n) is 5.22. The molecule has 0 aliphatic rings. The highest BCUT2D eigenvalue weighted by atomic mass is 32.2. The summed E-state index contributed by atoms with van der Waals surface area (Å²) in [4.78, 5) is 22.0. The Morgan fingerprint density at radius 3 is 2.53 bits per heavy atom. The summed E-state index contributed by atoms with van der Waals surface area (Å²) in [5.74, 6) is -1.41. The number of rotatable bonds is 5. The Morgan fingerprint density at radius 2 is 2.00 bits per heavy atom. The van der Waals surface area contributed by atoms with Crippen LogP contribution in [0.25, 0.3) is 0 Å². The maximum atomic E-state index is 12.1. The van der Waals surface area contributed by atoms with Crippen molar-refractivity contribution in [3.63, 3.8) is 0 Å². The highest BCUT2D eigenvalue weighted by Gasteiger charge is 2.23. The zero-order chi connectivity index (χ0) is 14.6. The number of esters is 1. The molecule has 0 heterocycles. The fourth-order valence-electron chi connectivity index (χ4n) is 1.32. The number of sulfonamides is 1. The van der Waals surface area contributed by atoms with E-state index >= 15 is 0 Å². The molecule has 0 aliphatic heterocycles. The fourth-order valence-corrected chi connectivity index (χ4v) is 2.48. The Morgan fingerprint density at radius 1 is 1.37 bits per heavy atom. The Bertz CT molecular complexity index is 597. The molecule has 8 heteroatoms. The molecular weight excluding hydrogens is 272 g/mol. The molecule has 0 aromatic heterocycles. The minimum Gasteiger partial charge on any atom is -0.468 e.